The molecule has 0 atom stereocenters. The quantitative estimate of drug-likeness (QED) is 0.595. The molecule has 0 saturated heterocycles. The van der Waals surface area contributed by atoms with Crippen molar-refractivity contribution >= 4 is 14.8 Å². The first kappa shape index (κ1) is 20.1. The second-order valence-corrected chi connectivity index (χ2v) is 6.12. The van der Waals surface area contributed by atoms with Gasteiger partial charge in [-0.05, 0) is 12.1 Å². The number of hydrogen-bond donors (Lipinski definition) is 0. The first-order valence-corrected chi connectivity index (χ1v) is 6.98. The van der Waals surface area contributed by atoms with Crippen molar-refractivity contribution in [1.29, 1.82) is 0 Å². The molecule has 0 spiro atoms. The molecular formula is C13H24O5Si. The molecule has 19 heavy (non-hydrogen) atoms. The zero-order valence-electron chi connectivity index (χ0n) is 10.1. The first-order valence-electron chi connectivity index (χ1n) is 5.05. The molecule has 0 amide bonds. The molecule has 0 saturated carbocycles. The van der Waals surface area contributed by atoms with Gasteiger partial charge in [-0.3, -0.25) is 0 Å². The van der Waals surface area contributed by atoms with E-state index in [2.05, 4.69) is 0 Å². The van der Waals surface area contributed by atoms with Crippen LogP contribution in [-0.4, -0.2) is 42.3 Å². The standard InChI is InChI=1S/C11H16O5Si.2CH4/c1-13-17(14-2,15-3)9-16-11(12)10-7-5-4-6-8-10;;/h4-8H,9H2,1-3H3;2*1H4. The Morgan fingerprint density at radius 2 is 1.47 bits per heavy atom. The third kappa shape index (κ3) is 5.52. The number of carbonyl (C=O) groups excluding carboxylic acids is 1. The van der Waals surface area contributed by atoms with Crippen LogP contribution in [0.15, 0.2) is 30.3 Å². The molecule has 0 radical (unpaired) electrons. The molecule has 1 rings (SSSR count). The fraction of sp³-hybridized carbons (Fsp3) is 0.462. The Balaban J connectivity index is 0. The molecule has 0 aliphatic carbocycles. The number of hydrogen-bond acceptors (Lipinski definition) is 5. The van der Waals surface area contributed by atoms with Crippen molar-refractivity contribution < 1.29 is 22.8 Å². The lowest BCUT2D eigenvalue weighted by atomic mass is 10.2. The minimum Gasteiger partial charge on any atom is -0.457 e. The van der Waals surface area contributed by atoms with Gasteiger partial charge < -0.3 is 18.0 Å². The fourth-order valence-electron chi connectivity index (χ4n) is 1.24. The molecule has 0 aliphatic rings. The average molecular weight is 288 g/mol. The molecule has 5 nitrogen and oxygen atoms in total. The van der Waals surface area contributed by atoms with E-state index in [1.54, 1.807) is 24.3 Å². The van der Waals surface area contributed by atoms with Crippen molar-refractivity contribution in [2.24, 2.45) is 0 Å². The monoisotopic (exact) mass is 288 g/mol. The molecule has 0 unspecified atom stereocenters. The topological polar surface area (TPSA) is 54.0 Å². The second kappa shape index (κ2) is 9.68. The lowest BCUT2D eigenvalue weighted by Gasteiger charge is -2.23. The molecule has 0 bridgehead atoms. The summed E-state index contributed by atoms with van der Waals surface area (Å²) in [6.45, 7) is 0. The number of esters is 1. The van der Waals surface area contributed by atoms with Crippen LogP contribution in [0.3, 0.4) is 0 Å². The van der Waals surface area contributed by atoms with Crippen LogP contribution in [0, 0.1) is 0 Å². The molecule has 6 heteroatoms. The zero-order valence-corrected chi connectivity index (χ0v) is 11.1. The summed E-state index contributed by atoms with van der Waals surface area (Å²) in [5.41, 5.74) is 0.485. The number of rotatable bonds is 6. The van der Waals surface area contributed by atoms with Crippen LogP contribution >= 0.6 is 0 Å². The second-order valence-electron chi connectivity index (χ2n) is 3.24. The van der Waals surface area contributed by atoms with E-state index in [0.29, 0.717) is 5.56 Å². The van der Waals surface area contributed by atoms with Crippen molar-refractivity contribution in [2.75, 3.05) is 27.6 Å². The molecule has 0 aliphatic heterocycles. The Morgan fingerprint density at radius 1 is 1.00 bits per heavy atom. The van der Waals surface area contributed by atoms with Gasteiger partial charge >= 0.3 is 14.8 Å². The fourth-order valence-corrected chi connectivity index (χ4v) is 2.40. The summed E-state index contributed by atoms with van der Waals surface area (Å²) in [5, 5.41) is 0. The summed E-state index contributed by atoms with van der Waals surface area (Å²) in [6.07, 6.45) is -0.00969. The third-order valence-corrected chi connectivity index (χ3v) is 4.69. The van der Waals surface area contributed by atoms with Crippen molar-refractivity contribution in [3.8, 4) is 0 Å². The number of carbonyl (C=O) groups is 1. The Morgan fingerprint density at radius 3 is 1.89 bits per heavy atom. The Hall–Kier alpha value is -1.21. The van der Waals surface area contributed by atoms with Crippen LogP contribution < -0.4 is 0 Å². The summed E-state index contributed by atoms with van der Waals surface area (Å²) in [7, 11) is 1.55. The predicted octanol–water partition coefficient (Wildman–Crippen LogP) is 2.53. The summed E-state index contributed by atoms with van der Waals surface area (Å²) < 4.78 is 20.5. The molecule has 0 N–H and O–H groups in total. The van der Waals surface area contributed by atoms with Crippen molar-refractivity contribution in [1.82, 2.24) is 0 Å². The lowest BCUT2D eigenvalue weighted by Crippen LogP contribution is -2.48. The summed E-state index contributed by atoms with van der Waals surface area (Å²) in [6, 6.07) is 8.72. The lowest BCUT2D eigenvalue weighted by molar-refractivity contribution is 0.0397. The highest BCUT2D eigenvalue weighted by Crippen LogP contribution is 2.08. The van der Waals surface area contributed by atoms with E-state index in [-0.39, 0.29) is 21.1 Å². The highest BCUT2D eigenvalue weighted by molar-refractivity contribution is 6.60. The van der Waals surface area contributed by atoms with Crippen LogP contribution in [-0.2, 0) is 18.0 Å². The highest BCUT2D eigenvalue weighted by Gasteiger charge is 2.40. The van der Waals surface area contributed by atoms with Crippen LogP contribution in [0.4, 0.5) is 0 Å². The maximum atomic E-state index is 11.7. The molecule has 1 aromatic carbocycles. The first-order chi connectivity index (χ1) is 8.17. The van der Waals surface area contributed by atoms with E-state index < -0.39 is 14.8 Å². The average Bonchev–Trinajstić information content (AvgIpc) is 2.41. The zero-order chi connectivity index (χ0) is 12.7. The van der Waals surface area contributed by atoms with Gasteiger partial charge in [0.05, 0.1) is 5.56 Å². The van der Waals surface area contributed by atoms with Gasteiger partial charge in [-0.1, -0.05) is 33.1 Å². The van der Waals surface area contributed by atoms with Crippen molar-refractivity contribution in [2.45, 2.75) is 14.9 Å². The Kier molecular flexibility index (Phi) is 10.2. The number of benzene rings is 1. The largest absolute Gasteiger partial charge is 0.539 e. The van der Waals surface area contributed by atoms with Crippen LogP contribution in [0.2, 0.25) is 0 Å². The van der Waals surface area contributed by atoms with E-state index in [9.17, 15) is 4.79 Å². The predicted molar refractivity (Wildman–Crippen MR) is 77.0 cm³/mol. The Bertz CT molecular complexity index is 343. The third-order valence-electron chi connectivity index (χ3n) is 2.32. The van der Waals surface area contributed by atoms with E-state index in [1.165, 1.54) is 21.3 Å². The summed E-state index contributed by atoms with van der Waals surface area (Å²) in [5.74, 6) is -0.423. The maximum absolute atomic E-state index is 11.7. The van der Waals surface area contributed by atoms with Gasteiger partial charge in [0.2, 0.25) is 0 Å². The summed E-state index contributed by atoms with van der Waals surface area (Å²) in [4.78, 5) is 11.7. The van der Waals surface area contributed by atoms with Gasteiger partial charge in [-0.25, -0.2) is 4.79 Å². The SMILES string of the molecule is C.C.CO[Si](COC(=O)c1ccccc1)(OC)OC. The molecule has 0 heterocycles. The van der Waals surface area contributed by atoms with Crippen LogP contribution in [0.1, 0.15) is 25.2 Å². The van der Waals surface area contributed by atoms with E-state index in [4.69, 9.17) is 18.0 Å². The van der Waals surface area contributed by atoms with Crippen LogP contribution in [0.25, 0.3) is 0 Å². The van der Waals surface area contributed by atoms with Crippen molar-refractivity contribution in [3.05, 3.63) is 35.9 Å². The van der Waals surface area contributed by atoms with Gasteiger partial charge in [-0.15, -0.1) is 0 Å². The molecule has 1 aromatic rings. The maximum Gasteiger partial charge on any atom is 0.539 e. The van der Waals surface area contributed by atoms with E-state index >= 15 is 0 Å². The summed E-state index contributed by atoms with van der Waals surface area (Å²) >= 11 is 0. The molecule has 0 fully saturated rings. The number of ether oxygens (including phenoxy) is 1. The van der Waals surface area contributed by atoms with Gasteiger partial charge in [0.25, 0.3) is 0 Å². The highest BCUT2D eigenvalue weighted by atomic mass is 28.4. The van der Waals surface area contributed by atoms with Crippen LogP contribution in [0.5, 0.6) is 0 Å². The van der Waals surface area contributed by atoms with Crippen molar-refractivity contribution in [3.63, 3.8) is 0 Å². The van der Waals surface area contributed by atoms with Gasteiger partial charge in [0.1, 0.15) is 0 Å². The smallest absolute Gasteiger partial charge is 0.457 e. The minimum atomic E-state index is -2.86. The minimum absolute atomic E-state index is 0. The normalized spacial score (nSPS) is 10.1. The van der Waals surface area contributed by atoms with Gasteiger partial charge in [-0.2, -0.15) is 0 Å². The Labute approximate surface area is 116 Å². The van der Waals surface area contributed by atoms with E-state index in [1.807, 2.05) is 6.07 Å². The molecule has 110 valence electrons. The van der Waals surface area contributed by atoms with E-state index in [0.717, 1.165) is 0 Å². The van der Waals surface area contributed by atoms with Gasteiger partial charge in [0, 0.05) is 21.3 Å². The molecular weight excluding hydrogens is 264 g/mol. The van der Waals surface area contributed by atoms with Gasteiger partial charge in [0.15, 0.2) is 6.23 Å². The molecule has 0 aromatic heterocycles.